The fraction of sp³-hybridized carbons (Fsp3) is 0. The molecule has 0 N–H and O–H groups in total. The molecule has 0 spiro atoms. The van der Waals surface area contributed by atoms with E-state index < -0.39 is 0 Å². The van der Waals surface area contributed by atoms with E-state index in [0.717, 1.165) is 0 Å². The van der Waals surface area contributed by atoms with Gasteiger partial charge in [0.05, 0.1) is 20.1 Å². The zero-order valence-corrected chi connectivity index (χ0v) is 13.7. The highest BCUT2D eigenvalue weighted by molar-refractivity contribution is 6.41. The van der Waals surface area contributed by atoms with Gasteiger partial charge < -0.3 is 0 Å². The summed E-state index contributed by atoms with van der Waals surface area (Å²) in [6.07, 6.45) is 0. The molecule has 0 bridgehead atoms. The largest absolute Gasteiger partial charge is 0.289 e. The second kappa shape index (κ2) is 4.59. The fourth-order valence-electron chi connectivity index (χ4n) is 2.96. The van der Waals surface area contributed by atoms with E-state index in [-0.39, 0.29) is 20.9 Å². The van der Waals surface area contributed by atoms with Crippen LogP contribution in [0.4, 0.5) is 0 Å². The minimum absolute atomic E-state index is 0.237. The molecule has 2 nitrogen and oxygen atoms in total. The zero-order valence-electron chi connectivity index (χ0n) is 10.6. The molecule has 0 atom stereocenters. The minimum atomic E-state index is -0.275. The van der Waals surface area contributed by atoms with E-state index in [4.69, 9.17) is 46.4 Å². The van der Waals surface area contributed by atoms with Gasteiger partial charge in [-0.05, 0) is 24.3 Å². The van der Waals surface area contributed by atoms with Gasteiger partial charge in [-0.25, -0.2) is 0 Å². The maximum absolute atomic E-state index is 12.4. The van der Waals surface area contributed by atoms with Crippen molar-refractivity contribution >= 4 is 67.9 Å². The van der Waals surface area contributed by atoms with Gasteiger partial charge in [-0.15, -0.1) is 0 Å². The molecule has 108 valence electrons. The molecular formula is C16H4Cl4O2. The molecule has 2 aromatic carbocycles. The Hall–Kier alpha value is -1.32. The van der Waals surface area contributed by atoms with E-state index in [1.54, 1.807) is 0 Å². The summed E-state index contributed by atoms with van der Waals surface area (Å²) in [4.78, 5) is 24.8. The Kier molecular flexibility index (Phi) is 2.98. The first kappa shape index (κ1) is 14.3. The molecule has 0 fully saturated rings. The monoisotopic (exact) mass is 368 g/mol. The maximum Gasteiger partial charge on any atom is 0.188 e. The van der Waals surface area contributed by atoms with Crippen LogP contribution in [0.2, 0.25) is 20.1 Å². The summed E-state index contributed by atoms with van der Waals surface area (Å²) in [5.41, 5.74) is -0.549. The lowest BCUT2D eigenvalue weighted by Crippen LogP contribution is -2.09. The third kappa shape index (κ3) is 1.70. The smallest absolute Gasteiger partial charge is 0.188 e. The van der Waals surface area contributed by atoms with Crippen molar-refractivity contribution in [2.75, 3.05) is 0 Å². The van der Waals surface area contributed by atoms with Gasteiger partial charge in [0.2, 0.25) is 0 Å². The van der Waals surface area contributed by atoms with Crippen LogP contribution in [0.25, 0.3) is 21.5 Å². The van der Waals surface area contributed by atoms with Crippen molar-refractivity contribution in [1.82, 2.24) is 0 Å². The first-order chi connectivity index (χ1) is 10.4. The number of benzene rings is 2. The van der Waals surface area contributed by atoms with Gasteiger partial charge in [-0.2, -0.15) is 0 Å². The molecule has 2 aliphatic carbocycles. The first-order valence-corrected chi connectivity index (χ1v) is 7.74. The average molecular weight is 370 g/mol. The lowest BCUT2D eigenvalue weighted by molar-refractivity contribution is 1.52. The van der Waals surface area contributed by atoms with Gasteiger partial charge in [0.25, 0.3) is 0 Å². The molecule has 0 amide bonds. The van der Waals surface area contributed by atoms with Crippen LogP contribution in [0.3, 0.4) is 0 Å². The summed E-state index contributed by atoms with van der Waals surface area (Å²) in [7, 11) is 0. The van der Waals surface area contributed by atoms with Crippen molar-refractivity contribution in [3.05, 3.63) is 75.2 Å². The number of hydrogen-bond acceptors (Lipinski definition) is 2. The number of rotatable bonds is 0. The molecule has 0 aromatic heterocycles. The summed E-state index contributed by atoms with van der Waals surface area (Å²) in [6, 6.07) is 5.69. The highest BCUT2D eigenvalue weighted by atomic mass is 35.5. The summed E-state index contributed by atoms with van der Waals surface area (Å²) < 4.78 is 0. The topological polar surface area (TPSA) is 34.1 Å². The Morgan fingerprint density at radius 1 is 0.545 bits per heavy atom. The Balaban J connectivity index is 2.68. The molecule has 0 unspecified atom stereocenters. The fourth-order valence-corrected chi connectivity index (χ4v) is 4.18. The molecule has 2 aromatic rings. The van der Waals surface area contributed by atoms with Gasteiger partial charge in [-0.3, -0.25) is 9.59 Å². The zero-order chi connectivity index (χ0) is 15.8. The lowest BCUT2D eigenvalue weighted by atomic mass is 9.97. The van der Waals surface area contributed by atoms with E-state index in [2.05, 4.69) is 0 Å². The van der Waals surface area contributed by atoms with Crippen molar-refractivity contribution in [1.29, 1.82) is 0 Å². The molecule has 4 rings (SSSR count). The lowest BCUT2D eigenvalue weighted by Gasteiger charge is -2.11. The molecule has 6 heteroatoms. The molecule has 22 heavy (non-hydrogen) atoms. The van der Waals surface area contributed by atoms with Crippen LogP contribution >= 0.6 is 46.4 Å². The van der Waals surface area contributed by atoms with Crippen LogP contribution in [-0.2, 0) is 0 Å². The van der Waals surface area contributed by atoms with E-state index in [9.17, 15) is 9.59 Å². The van der Waals surface area contributed by atoms with Gasteiger partial charge in [-0.1, -0.05) is 46.4 Å². The maximum atomic E-state index is 12.4. The highest BCUT2D eigenvalue weighted by Crippen LogP contribution is 2.35. The molecule has 0 heterocycles. The third-order valence-corrected chi connectivity index (χ3v) is 5.05. The second-order valence-corrected chi connectivity index (χ2v) is 6.65. The second-order valence-electron chi connectivity index (χ2n) is 5.02. The van der Waals surface area contributed by atoms with Crippen LogP contribution in [-0.4, -0.2) is 0 Å². The van der Waals surface area contributed by atoms with Crippen molar-refractivity contribution in [2.45, 2.75) is 0 Å². The standard InChI is InChI=1S/C16H4Cl4O2/c17-7-3-10(20)16-12(22)2-6-8(18)4-9(19)15-11(21)1-5(7)13(16)14(6)15/h1-4H. The van der Waals surface area contributed by atoms with Crippen LogP contribution in [0.15, 0.2) is 33.9 Å². The predicted molar refractivity (Wildman–Crippen MR) is 91.7 cm³/mol. The Morgan fingerprint density at radius 3 is 1.27 bits per heavy atom. The van der Waals surface area contributed by atoms with Crippen LogP contribution < -0.4 is 10.9 Å². The van der Waals surface area contributed by atoms with Crippen molar-refractivity contribution in [3.8, 4) is 0 Å². The number of halogens is 4. The average Bonchev–Trinajstić information content (AvgIpc) is 2.43. The van der Waals surface area contributed by atoms with E-state index in [1.165, 1.54) is 24.3 Å². The summed E-state index contributed by atoms with van der Waals surface area (Å²) in [5.74, 6) is 0. The summed E-state index contributed by atoms with van der Waals surface area (Å²) in [6.45, 7) is 0. The molecule has 0 aliphatic heterocycles. The van der Waals surface area contributed by atoms with Gasteiger partial charge in [0.15, 0.2) is 10.9 Å². The van der Waals surface area contributed by atoms with E-state index in [1.807, 2.05) is 0 Å². The quantitative estimate of drug-likeness (QED) is 0.440. The van der Waals surface area contributed by atoms with Crippen LogP contribution in [0, 0.1) is 10.4 Å². The molecular weight excluding hydrogens is 366 g/mol. The Labute approximate surface area is 143 Å². The van der Waals surface area contributed by atoms with Crippen molar-refractivity contribution in [2.24, 2.45) is 0 Å². The molecule has 0 radical (unpaired) electrons. The molecule has 0 saturated carbocycles. The Bertz CT molecular complexity index is 1150. The first-order valence-electron chi connectivity index (χ1n) is 6.22. The SMILES string of the molecule is O=c1cc2c(Cl)cc(Cl)c3c(=O)cc4c(Cl)cc(Cl)c1c4=c23. The van der Waals surface area contributed by atoms with Gasteiger partial charge >= 0.3 is 0 Å². The van der Waals surface area contributed by atoms with Gasteiger partial charge in [0.1, 0.15) is 0 Å². The van der Waals surface area contributed by atoms with E-state index in [0.29, 0.717) is 42.0 Å². The normalized spacial score (nSPS) is 12.0. The third-order valence-electron chi connectivity index (χ3n) is 3.83. The highest BCUT2D eigenvalue weighted by Gasteiger charge is 2.18. The van der Waals surface area contributed by atoms with Crippen LogP contribution in [0.5, 0.6) is 0 Å². The Morgan fingerprint density at radius 2 is 0.909 bits per heavy atom. The summed E-state index contributed by atoms with van der Waals surface area (Å²) >= 11 is 24.8. The molecule has 2 aliphatic rings. The minimum Gasteiger partial charge on any atom is -0.289 e. The number of hydrogen-bond donors (Lipinski definition) is 0. The van der Waals surface area contributed by atoms with Gasteiger partial charge in [0, 0.05) is 32.0 Å². The predicted octanol–water partition coefficient (Wildman–Crippen LogP) is 4.93. The summed E-state index contributed by atoms with van der Waals surface area (Å²) in [5, 5.41) is 3.71. The van der Waals surface area contributed by atoms with Crippen molar-refractivity contribution < 1.29 is 0 Å². The van der Waals surface area contributed by atoms with Crippen molar-refractivity contribution in [3.63, 3.8) is 0 Å². The molecule has 0 saturated heterocycles. The van der Waals surface area contributed by atoms with Crippen LogP contribution in [0.1, 0.15) is 0 Å². The van der Waals surface area contributed by atoms with E-state index >= 15 is 0 Å².